The van der Waals surface area contributed by atoms with Crippen LogP contribution in [0.1, 0.15) is 64.7 Å². The smallest absolute Gasteiger partial charge is 0.391 e. The Hall–Kier alpha value is -0.250. The molecular formula is C12H23F3O. The van der Waals surface area contributed by atoms with E-state index in [9.17, 15) is 13.2 Å². The van der Waals surface area contributed by atoms with Crippen molar-refractivity contribution in [2.24, 2.45) is 0 Å². The number of aliphatic hydroxyl groups excluding tert-OH is 1. The Morgan fingerprint density at radius 3 is 1.94 bits per heavy atom. The van der Waals surface area contributed by atoms with Gasteiger partial charge in [-0.1, -0.05) is 51.9 Å². The van der Waals surface area contributed by atoms with Gasteiger partial charge in [0.05, 0.1) is 12.5 Å². The van der Waals surface area contributed by atoms with Crippen molar-refractivity contribution in [1.29, 1.82) is 0 Å². The van der Waals surface area contributed by atoms with Gasteiger partial charge in [0.1, 0.15) is 0 Å². The molecule has 16 heavy (non-hydrogen) atoms. The maximum atomic E-state index is 11.9. The molecule has 0 bridgehead atoms. The molecule has 1 nitrogen and oxygen atoms in total. The average molecular weight is 240 g/mol. The zero-order valence-electron chi connectivity index (χ0n) is 10.0. The summed E-state index contributed by atoms with van der Waals surface area (Å²) in [5.74, 6) is 0. The summed E-state index contributed by atoms with van der Waals surface area (Å²) >= 11 is 0. The number of alkyl halides is 3. The molecule has 0 aromatic carbocycles. The van der Waals surface area contributed by atoms with E-state index in [-0.39, 0.29) is 6.42 Å². The van der Waals surface area contributed by atoms with Crippen LogP contribution in [-0.4, -0.2) is 17.4 Å². The molecule has 4 heteroatoms. The van der Waals surface area contributed by atoms with Gasteiger partial charge < -0.3 is 5.11 Å². The van der Waals surface area contributed by atoms with Crippen LogP contribution in [0.3, 0.4) is 0 Å². The molecule has 1 atom stereocenters. The molecule has 0 aliphatic rings. The van der Waals surface area contributed by atoms with Crippen molar-refractivity contribution in [2.75, 3.05) is 0 Å². The van der Waals surface area contributed by atoms with Gasteiger partial charge >= 0.3 is 6.18 Å². The first kappa shape index (κ1) is 15.8. The summed E-state index contributed by atoms with van der Waals surface area (Å²) in [5, 5.41) is 9.11. The number of halogens is 3. The lowest BCUT2D eigenvalue weighted by Gasteiger charge is -2.12. The van der Waals surface area contributed by atoms with Gasteiger partial charge in [0.2, 0.25) is 0 Å². The molecular weight excluding hydrogens is 217 g/mol. The average Bonchev–Trinajstić information content (AvgIpc) is 2.13. The van der Waals surface area contributed by atoms with Crippen LogP contribution in [0.15, 0.2) is 0 Å². The first-order valence-electron chi connectivity index (χ1n) is 6.20. The second kappa shape index (κ2) is 8.85. The lowest BCUT2D eigenvalue weighted by Crippen LogP contribution is -2.19. The molecule has 0 fully saturated rings. The minimum Gasteiger partial charge on any atom is -0.393 e. The number of unbranched alkanes of at least 4 members (excludes halogenated alkanes) is 6. The topological polar surface area (TPSA) is 20.2 Å². The maximum Gasteiger partial charge on any atom is 0.391 e. The molecule has 0 saturated heterocycles. The molecule has 0 aliphatic carbocycles. The SMILES string of the molecule is CCCCCCCCCC(O)CC(F)(F)F. The van der Waals surface area contributed by atoms with Crippen LogP contribution in [0.2, 0.25) is 0 Å². The van der Waals surface area contributed by atoms with E-state index in [0.29, 0.717) is 6.42 Å². The van der Waals surface area contributed by atoms with Crippen molar-refractivity contribution in [3.8, 4) is 0 Å². The van der Waals surface area contributed by atoms with E-state index in [1.54, 1.807) is 0 Å². The number of aliphatic hydroxyl groups is 1. The van der Waals surface area contributed by atoms with Gasteiger partial charge in [0.15, 0.2) is 0 Å². The fraction of sp³-hybridized carbons (Fsp3) is 1.00. The highest BCUT2D eigenvalue weighted by molar-refractivity contribution is 4.61. The molecule has 0 aromatic heterocycles. The Balaban J connectivity index is 3.25. The van der Waals surface area contributed by atoms with Crippen molar-refractivity contribution in [1.82, 2.24) is 0 Å². The van der Waals surface area contributed by atoms with Crippen molar-refractivity contribution in [2.45, 2.75) is 77.0 Å². The maximum absolute atomic E-state index is 11.9. The quantitative estimate of drug-likeness (QED) is 0.591. The Morgan fingerprint density at radius 2 is 1.44 bits per heavy atom. The van der Waals surface area contributed by atoms with Crippen LogP contribution in [0.5, 0.6) is 0 Å². The summed E-state index contributed by atoms with van der Waals surface area (Å²) in [5.41, 5.74) is 0. The third-order valence-electron chi connectivity index (χ3n) is 2.61. The molecule has 1 N–H and O–H groups in total. The summed E-state index contributed by atoms with van der Waals surface area (Å²) < 4.78 is 35.6. The summed E-state index contributed by atoms with van der Waals surface area (Å²) in [6.45, 7) is 2.15. The molecule has 1 unspecified atom stereocenters. The standard InChI is InChI=1S/C12H23F3O/c1-2-3-4-5-6-7-8-9-11(16)10-12(13,14)15/h11,16H,2-10H2,1H3. The Bertz CT molecular complexity index is 157. The van der Waals surface area contributed by atoms with Gasteiger partial charge in [0, 0.05) is 0 Å². The van der Waals surface area contributed by atoms with E-state index in [0.717, 1.165) is 19.3 Å². The summed E-state index contributed by atoms with van der Waals surface area (Å²) in [6, 6.07) is 0. The highest BCUT2D eigenvalue weighted by atomic mass is 19.4. The van der Waals surface area contributed by atoms with Crippen LogP contribution in [0.4, 0.5) is 13.2 Å². The Kier molecular flexibility index (Phi) is 8.71. The second-order valence-electron chi connectivity index (χ2n) is 4.38. The lowest BCUT2D eigenvalue weighted by molar-refractivity contribution is -0.154. The van der Waals surface area contributed by atoms with Crippen molar-refractivity contribution in [3.05, 3.63) is 0 Å². The predicted octanol–water partition coefficient (Wildman–Crippen LogP) is 4.44. The minimum atomic E-state index is -4.24. The zero-order chi connectivity index (χ0) is 12.4. The van der Waals surface area contributed by atoms with Gasteiger partial charge in [-0.15, -0.1) is 0 Å². The summed E-state index contributed by atoms with van der Waals surface area (Å²) in [4.78, 5) is 0. The van der Waals surface area contributed by atoms with Crippen LogP contribution < -0.4 is 0 Å². The van der Waals surface area contributed by atoms with Gasteiger partial charge in [-0.25, -0.2) is 0 Å². The van der Waals surface area contributed by atoms with Crippen LogP contribution >= 0.6 is 0 Å². The minimum absolute atomic E-state index is 0.271. The Labute approximate surface area is 96.0 Å². The molecule has 0 amide bonds. The second-order valence-corrected chi connectivity index (χ2v) is 4.38. The molecule has 0 aromatic rings. The normalized spacial score (nSPS) is 14.1. The number of rotatable bonds is 9. The highest BCUT2D eigenvalue weighted by Crippen LogP contribution is 2.23. The molecule has 0 rings (SSSR count). The van der Waals surface area contributed by atoms with Gasteiger partial charge in [-0.3, -0.25) is 0 Å². The monoisotopic (exact) mass is 240 g/mol. The van der Waals surface area contributed by atoms with E-state index in [1.807, 2.05) is 0 Å². The highest BCUT2D eigenvalue weighted by Gasteiger charge is 2.30. The van der Waals surface area contributed by atoms with Gasteiger partial charge in [-0.2, -0.15) is 13.2 Å². The van der Waals surface area contributed by atoms with Gasteiger partial charge in [-0.05, 0) is 6.42 Å². The van der Waals surface area contributed by atoms with Crippen molar-refractivity contribution >= 4 is 0 Å². The summed E-state index contributed by atoms with van der Waals surface area (Å²) in [7, 11) is 0. The van der Waals surface area contributed by atoms with E-state index in [1.165, 1.54) is 19.3 Å². The lowest BCUT2D eigenvalue weighted by atomic mass is 10.0. The largest absolute Gasteiger partial charge is 0.393 e. The molecule has 0 radical (unpaired) electrons. The van der Waals surface area contributed by atoms with Crippen LogP contribution in [0, 0.1) is 0 Å². The van der Waals surface area contributed by atoms with E-state index < -0.39 is 18.7 Å². The fourth-order valence-corrected chi connectivity index (χ4v) is 1.71. The van der Waals surface area contributed by atoms with Crippen LogP contribution in [-0.2, 0) is 0 Å². The van der Waals surface area contributed by atoms with Crippen molar-refractivity contribution < 1.29 is 18.3 Å². The first-order chi connectivity index (χ1) is 7.45. The molecule has 0 heterocycles. The predicted molar refractivity (Wildman–Crippen MR) is 59.3 cm³/mol. The number of hydrogen-bond donors (Lipinski definition) is 1. The molecule has 0 saturated carbocycles. The first-order valence-corrected chi connectivity index (χ1v) is 6.20. The van der Waals surface area contributed by atoms with Crippen molar-refractivity contribution in [3.63, 3.8) is 0 Å². The summed E-state index contributed by atoms with van der Waals surface area (Å²) in [6.07, 6.45) is 1.25. The zero-order valence-corrected chi connectivity index (χ0v) is 10.0. The molecule has 0 spiro atoms. The number of hydrogen-bond acceptors (Lipinski definition) is 1. The third-order valence-corrected chi connectivity index (χ3v) is 2.61. The van der Waals surface area contributed by atoms with E-state index in [2.05, 4.69) is 6.92 Å². The fourth-order valence-electron chi connectivity index (χ4n) is 1.71. The molecule has 98 valence electrons. The van der Waals surface area contributed by atoms with Crippen LogP contribution in [0.25, 0.3) is 0 Å². The van der Waals surface area contributed by atoms with Gasteiger partial charge in [0.25, 0.3) is 0 Å². The third kappa shape index (κ3) is 11.8. The molecule has 0 aliphatic heterocycles. The van der Waals surface area contributed by atoms with E-state index >= 15 is 0 Å². The van der Waals surface area contributed by atoms with E-state index in [4.69, 9.17) is 5.11 Å². The Morgan fingerprint density at radius 1 is 0.938 bits per heavy atom.